The van der Waals surface area contributed by atoms with E-state index in [4.69, 9.17) is 21.4 Å². The number of halogens is 1. The summed E-state index contributed by atoms with van der Waals surface area (Å²) in [6, 6.07) is 3.29. The molecule has 0 amide bonds. The van der Waals surface area contributed by atoms with Crippen molar-refractivity contribution in [3.63, 3.8) is 0 Å². The Morgan fingerprint density at radius 1 is 1.50 bits per heavy atom. The molecule has 0 bridgehead atoms. The number of carboxylic acid groups (broad SMARTS) is 1. The molecular formula is C12H14ClNO5S. The lowest BCUT2D eigenvalue weighted by Crippen LogP contribution is -2.52. The molecule has 1 fully saturated rings. The van der Waals surface area contributed by atoms with E-state index in [1.807, 2.05) is 0 Å². The van der Waals surface area contributed by atoms with Gasteiger partial charge in [-0.15, -0.1) is 0 Å². The van der Waals surface area contributed by atoms with Crippen molar-refractivity contribution in [1.82, 2.24) is 4.31 Å². The first-order valence-corrected chi connectivity index (χ1v) is 7.74. The predicted octanol–water partition coefficient (Wildman–Crippen LogP) is 1.12. The second-order valence-electron chi connectivity index (χ2n) is 4.45. The number of aliphatic carboxylic acids is 1. The number of benzene rings is 1. The van der Waals surface area contributed by atoms with Crippen molar-refractivity contribution in [3.05, 3.63) is 28.8 Å². The highest BCUT2D eigenvalue weighted by atomic mass is 35.5. The molecule has 1 N–H and O–H groups in total. The molecule has 1 heterocycles. The number of sulfonamides is 1. The Balaban J connectivity index is 2.47. The normalized spacial score (nSPS) is 20.8. The molecule has 1 saturated heterocycles. The molecule has 1 aliphatic rings. The number of morpholine rings is 1. The molecule has 0 aliphatic carbocycles. The highest BCUT2D eigenvalue weighted by molar-refractivity contribution is 7.89. The monoisotopic (exact) mass is 319 g/mol. The molecule has 1 aromatic rings. The largest absolute Gasteiger partial charge is 0.480 e. The van der Waals surface area contributed by atoms with Crippen molar-refractivity contribution in [2.45, 2.75) is 17.9 Å². The van der Waals surface area contributed by atoms with Crippen molar-refractivity contribution in [3.8, 4) is 0 Å². The molecule has 6 nitrogen and oxygen atoms in total. The standard InChI is InChI=1S/C12H14ClNO5S/c1-8-2-3-9(13)6-11(8)20(17,18)14-4-5-19-7-10(14)12(15)16/h2-3,6,10H,4-5,7H2,1H3,(H,15,16). The topological polar surface area (TPSA) is 83.9 Å². The summed E-state index contributed by atoms with van der Waals surface area (Å²) in [5.74, 6) is -1.23. The minimum absolute atomic E-state index is 0.00521. The van der Waals surface area contributed by atoms with Gasteiger partial charge >= 0.3 is 5.97 Å². The van der Waals surface area contributed by atoms with Gasteiger partial charge in [0.1, 0.15) is 6.04 Å². The van der Waals surface area contributed by atoms with Crippen LogP contribution in [-0.2, 0) is 19.6 Å². The summed E-state index contributed by atoms with van der Waals surface area (Å²) in [7, 11) is -3.92. The lowest BCUT2D eigenvalue weighted by molar-refractivity contribution is -0.146. The van der Waals surface area contributed by atoms with Crippen LogP contribution in [0.2, 0.25) is 5.02 Å². The maximum absolute atomic E-state index is 12.6. The molecule has 8 heteroatoms. The minimum atomic E-state index is -3.92. The number of carbonyl (C=O) groups is 1. The number of hydrogen-bond acceptors (Lipinski definition) is 4. The smallest absolute Gasteiger partial charge is 0.324 e. The molecule has 2 rings (SSSR count). The third kappa shape index (κ3) is 2.80. The Morgan fingerprint density at radius 2 is 2.20 bits per heavy atom. The lowest BCUT2D eigenvalue weighted by atomic mass is 10.2. The first-order valence-electron chi connectivity index (χ1n) is 5.92. The van der Waals surface area contributed by atoms with Gasteiger partial charge < -0.3 is 9.84 Å². The average molecular weight is 320 g/mol. The summed E-state index contributed by atoms with van der Waals surface area (Å²) in [5.41, 5.74) is 0.519. The molecule has 0 saturated carbocycles. The summed E-state index contributed by atoms with van der Waals surface area (Å²) in [5, 5.41) is 9.42. The summed E-state index contributed by atoms with van der Waals surface area (Å²) in [6.07, 6.45) is 0. The Kier molecular flexibility index (Phi) is 4.33. The van der Waals surface area contributed by atoms with E-state index in [1.54, 1.807) is 19.1 Å². The van der Waals surface area contributed by atoms with Crippen LogP contribution in [0.25, 0.3) is 0 Å². The van der Waals surface area contributed by atoms with Crippen LogP contribution in [0.5, 0.6) is 0 Å². The molecule has 0 spiro atoms. The Hall–Kier alpha value is -1.15. The number of ether oxygens (including phenoxy) is 1. The van der Waals surface area contributed by atoms with Crippen LogP contribution in [0.15, 0.2) is 23.1 Å². The van der Waals surface area contributed by atoms with Crippen LogP contribution < -0.4 is 0 Å². The average Bonchev–Trinajstić information content (AvgIpc) is 2.41. The van der Waals surface area contributed by atoms with Crippen LogP contribution in [-0.4, -0.2) is 49.6 Å². The predicted molar refractivity (Wildman–Crippen MR) is 72.3 cm³/mol. The Bertz CT molecular complexity index is 631. The van der Waals surface area contributed by atoms with Crippen LogP contribution in [0.3, 0.4) is 0 Å². The molecule has 1 aromatic carbocycles. The third-order valence-electron chi connectivity index (χ3n) is 3.10. The fraction of sp³-hybridized carbons (Fsp3) is 0.417. The van der Waals surface area contributed by atoms with Gasteiger partial charge in [-0.05, 0) is 24.6 Å². The fourth-order valence-electron chi connectivity index (χ4n) is 2.05. The van der Waals surface area contributed by atoms with Crippen LogP contribution in [0.4, 0.5) is 0 Å². The third-order valence-corrected chi connectivity index (χ3v) is 5.39. The zero-order valence-electron chi connectivity index (χ0n) is 10.7. The first-order chi connectivity index (χ1) is 9.34. The number of carboxylic acids is 1. The highest BCUT2D eigenvalue weighted by Crippen LogP contribution is 2.26. The number of rotatable bonds is 3. The molecular weight excluding hydrogens is 306 g/mol. The van der Waals surface area contributed by atoms with Gasteiger partial charge in [0.15, 0.2) is 0 Å². The number of hydrogen-bond donors (Lipinski definition) is 1. The summed E-state index contributed by atoms with van der Waals surface area (Å²) in [6.45, 7) is 1.65. The summed E-state index contributed by atoms with van der Waals surface area (Å²) < 4.78 is 31.2. The van der Waals surface area contributed by atoms with Gasteiger partial charge in [0.05, 0.1) is 18.1 Å². The van der Waals surface area contributed by atoms with Crippen LogP contribution in [0.1, 0.15) is 5.56 Å². The van der Waals surface area contributed by atoms with E-state index in [2.05, 4.69) is 0 Å². The Labute approximate surface area is 122 Å². The first kappa shape index (κ1) is 15.2. The maximum atomic E-state index is 12.6. The van der Waals surface area contributed by atoms with Crippen molar-refractivity contribution in [2.75, 3.05) is 19.8 Å². The zero-order valence-corrected chi connectivity index (χ0v) is 12.3. The van der Waals surface area contributed by atoms with Gasteiger partial charge in [-0.3, -0.25) is 4.79 Å². The van der Waals surface area contributed by atoms with E-state index < -0.39 is 22.0 Å². The zero-order chi connectivity index (χ0) is 14.9. The van der Waals surface area contributed by atoms with Crippen LogP contribution >= 0.6 is 11.6 Å². The van der Waals surface area contributed by atoms with Gasteiger partial charge in [0.25, 0.3) is 0 Å². The molecule has 0 radical (unpaired) electrons. The second kappa shape index (κ2) is 5.69. The number of aryl methyl sites for hydroxylation is 1. The van der Waals surface area contributed by atoms with Gasteiger partial charge in [-0.1, -0.05) is 17.7 Å². The minimum Gasteiger partial charge on any atom is -0.480 e. The lowest BCUT2D eigenvalue weighted by Gasteiger charge is -2.32. The number of nitrogens with zero attached hydrogens (tertiary/aromatic N) is 1. The van der Waals surface area contributed by atoms with Gasteiger partial charge in [0, 0.05) is 11.6 Å². The highest BCUT2D eigenvalue weighted by Gasteiger charge is 2.38. The van der Waals surface area contributed by atoms with Crippen molar-refractivity contribution >= 4 is 27.6 Å². The molecule has 1 atom stereocenters. The molecule has 110 valence electrons. The maximum Gasteiger partial charge on any atom is 0.324 e. The summed E-state index contributed by atoms with van der Waals surface area (Å²) in [4.78, 5) is 11.2. The van der Waals surface area contributed by atoms with E-state index in [1.165, 1.54) is 6.07 Å². The van der Waals surface area contributed by atoms with E-state index in [0.717, 1.165) is 4.31 Å². The Morgan fingerprint density at radius 3 is 2.85 bits per heavy atom. The molecule has 20 heavy (non-hydrogen) atoms. The van der Waals surface area contributed by atoms with Crippen molar-refractivity contribution < 1.29 is 23.1 Å². The van der Waals surface area contributed by atoms with Crippen LogP contribution in [0, 0.1) is 6.92 Å². The van der Waals surface area contributed by atoms with E-state index >= 15 is 0 Å². The van der Waals surface area contributed by atoms with Gasteiger partial charge in [0.2, 0.25) is 10.0 Å². The summed E-state index contributed by atoms with van der Waals surface area (Å²) >= 11 is 5.84. The van der Waals surface area contributed by atoms with E-state index in [-0.39, 0.29) is 29.7 Å². The fourth-order valence-corrected chi connectivity index (χ4v) is 4.09. The van der Waals surface area contributed by atoms with Crippen molar-refractivity contribution in [1.29, 1.82) is 0 Å². The molecule has 0 aromatic heterocycles. The molecule has 1 unspecified atom stereocenters. The second-order valence-corrected chi connectivity index (χ2v) is 6.75. The van der Waals surface area contributed by atoms with E-state index in [9.17, 15) is 13.2 Å². The SMILES string of the molecule is Cc1ccc(Cl)cc1S(=O)(=O)N1CCOCC1C(=O)O. The van der Waals surface area contributed by atoms with Gasteiger partial charge in [-0.2, -0.15) is 4.31 Å². The quantitative estimate of drug-likeness (QED) is 0.902. The molecule has 1 aliphatic heterocycles. The van der Waals surface area contributed by atoms with Crippen molar-refractivity contribution in [2.24, 2.45) is 0 Å². The van der Waals surface area contributed by atoms with Gasteiger partial charge in [-0.25, -0.2) is 8.42 Å². The van der Waals surface area contributed by atoms with E-state index in [0.29, 0.717) is 5.56 Å².